The van der Waals surface area contributed by atoms with E-state index < -0.39 is 6.10 Å². The van der Waals surface area contributed by atoms with Crippen LogP contribution in [-0.4, -0.2) is 53.4 Å². The molecule has 8 heteroatoms. The highest BCUT2D eigenvalue weighted by Gasteiger charge is 2.27. The molecule has 0 bridgehead atoms. The molecule has 2 aliphatic rings. The van der Waals surface area contributed by atoms with Crippen molar-refractivity contribution in [1.82, 2.24) is 9.97 Å². The molecule has 2 aromatic carbocycles. The van der Waals surface area contributed by atoms with Gasteiger partial charge in [0.15, 0.2) is 0 Å². The Balaban J connectivity index is 1.20. The maximum atomic E-state index is 12.5. The summed E-state index contributed by atoms with van der Waals surface area (Å²) in [5, 5.41) is 16.5. The molecule has 1 atom stereocenters. The molecule has 0 spiro atoms. The molecule has 0 radical (unpaired) electrons. The number of aliphatic hydroxyl groups excluding tert-OH is 1. The number of carbonyl (C=O) groups is 1. The van der Waals surface area contributed by atoms with Crippen LogP contribution >= 0.6 is 0 Å². The smallest absolute Gasteiger partial charge is 0.253 e. The Bertz CT molecular complexity index is 1140. The van der Waals surface area contributed by atoms with Gasteiger partial charge in [-0.15, -0.1) is 0 Å². The third kappa shape index (κ3) is 6.01. The number of rotatable bonds is 7. The van der Waals surface area contributed by atoms with Gasteiger partial charge in [-0.25, -0.2) is 9.97 Å². The lowest BCUT2D eigenvalue weighted by atomic mass is 9.85. The van der Waals surface area contributed by atoms with E-state index in [1.54, 1.807) is 6.20 Å². The Morgan fingerprint density at radius 2 is 1.64 bits per heavy atom. The molecule has 2 heterocycles. The average molecular weight is 488 g/mol. The molecule has 1 saturated heterocycles. The van der Waals surface area contributed by atoms with Crippen LogP contribution in [0, 0.1) is 5.92 Å². The number of hydrogen-bond donors (Lipinski definition) is 3. The molecule has 1 aliphatic carbocycles. The van der Waals surface area contributed by atoms with E-state index in [1.165, 1.54) is 12.1 Å². The number of benzene rings is 2. The first-order valence-corrected chi connectivity index (χ1v) is 12.8. The second-order valence-corrected chi connectivity index (χ2v) is 9.45. The normalized spacial score (nSPS) is 17.4. The number of anilines is 4. The summed E-state index contributed by atoms with van der Waals surface area (Å²) in [6, 6.07) is 17.6. The Morgan fingerprint density at radius 1 is 0.944 bits per heavy atom. The Labute approximate surface area is 211 Å². The molecule has 2 fully saturated rings. The van der Waals surface area contributed by atoms with Crippen molar-refractivity contribution in [3.63, 3.8) is 0 Å². The van der Waals surface area contributed by atoms with Gasteiger partial charge in [0.1, 0.15) is 6.10 Å². The third-order valence-corrected chi connectivity index (χ3v) is 6.97. The van der Waals surface area contributed by atoms with Crippen LogP contribution in [0.25, 0.3) is 11.3 Å². The van der Waals surface area contributed by atoms with Crippen LogP contribution in [-0.2, 0) is 9.53 Å². The first-order chi connectivity index (χ1) is 17.7. The molecule has 1 aromatic heterocycles. The number of amides is 1. The van der Waals surface area contributed by atoms with Crippen LogP contribution in [0.1, 0.15) is 32.1 Å². The van der Waals surface area contributed by atoms with Crippen molar-refractivity contribution in [3.8, 4) is 11.3 Å². The molecule has 3 N–H and O–H groups in total. The lowest BCUT2D eigenvalue weighted by molar-refractivity contribution is -0.127. The van der Waals surface area contributed by atoms with Crippen molar-refractivity contribution < 1.29 is 14.6 Å². The van der Waals surface area contributed by atoms with Gasteiger partial charge in [0.2, 0.25) is 5.95 Å². The van der Waals surface area contributed by atoms with Gasteiger partial charge in [0.05, 0.1) is 18.9 Å². The van der Waals surface area contributed by atoms with Gasteiger partial charge < -0.3 is 25.4 Å². The third-order valence-electron chi connectivity index (χ3n) is 6.97. The maximum Gasteiger partial charge on any atom is 0.253 e. The van der Waals surface area contributed by atoms with Gasteiger partial charge in [-0.3, -0.25) is 4.79 Å². The molecule has 1 unspecified atom stereocenters. The van der Waals surface area contributed by atoms with Crippen molar-refractivity contribution in [3.05, 3.63) is 60.8 Å². The molecular weight excluding hydrogens is 454 g/mol. The minimum atomic E-state index is -0.955. The number of carbonyl (C=O) groups excluding carboxylic acids is 1. The summed E-state index contributed by atoms with van der Waals surface area (Å²) in [4.78, 5) is 23.8. The lowest BCUT2D eigenvalue weighted by Gasteiger charge is -2.28. The fraction of sp³-hybridized carbons (Fsp3) is 0.393. The van der Waals surface area contributed by atoms with Crippen LogP contribution in [0.3, 0.4) is 0 Å². The predicted octanol–water partition coefficient (Wildman–Crippen LogP) is 4.60. The van der Waals surface area contributed by atoms with Crippen LogP contribution in [0.5, 0.6) is 0 Å². The summed E-state index contributed by atoms with van der Waals surface area (Å²) in [6.45, 7) is 3.33. The number of nitrogens with one attached hydrogen (secondary N) is 2. The minimum Gasteiger partial charge on any atom is -0.383 e. The molecule has 5 rings (SSSR count). The van der Waals surface area contributed by atoms with Crippen LogP contribution in [0.2, 0.25) is 0 Å². The fourth-order valence-electron chi connectivity index (χ4n) is 4.89. The van der Waals surface area contributed by atoms with Gasteiger partial charge in [0, 0.05) is 41.9 Å². The first-order valence-electron chi connectivity index (χ1n) is 12.8. The van der Waals surface area contributed by atoms with Crippen molar-refractivity contribution >= 4 is 28.9 Å². The number of aliphatic hydroxyl groups is 1. The van der Waals surface area contributed by atoms with Gasteiger partial charge in [0.25, 0.3) is 5.91 Å². The van der Waals surface area contributed by atoms with E-state index in [4.69, 9.17) is 4.74 Å². The van der Waals surface area contributed by atoms with Crippen LogP contribution in [0.4, 0.5) is 23.0 Å². The molecule has 3 aromatic rings. The summed E-state index contributed by atoms with van der Waals surface area (Å²) in [7, 11) is 0. The van der Waals surface area contributed by atoms with Crippen molar-refractivity contribution in [2.24, 2.45) is 5.92 Å². The molecular formula is C28H33N5O3. The maximum absolute atomic E-state index is 12.5. The molecule has 1 aliphatic heterocycles. The Kier molecular flexibility index (Phi) is 7.73. The fourth-order valence-corrected chi connectivity index (χ4v) is 4.89. The predicted molar refractivity (Wildman–Crippen MR) is 141 cm³/mol. The van der Waals surface area contributed by atoms with E-state index in [0.29, 0.717) is 11.6 Å². The highest BCUT2D eigenvalue weighted by atomic mass is 16.5. The Hall–Kier alpha value is -3.49. The largest absolute Gasteiger partial charge is 0.383 e. The van der Waals surface area contributed by atoms with E-state index in [9.17, 15) is 9.90 Å². The highest BCUT2D eigenvalue weighted by molar-refractivity contribution is 5.94. The first kappa shape index (κ1) is 24.2. The van der Waals surface area contributed by atoms with E-state index >= 15 is 0 Å². The minimum absolute atomic E-state index is 0.0561. The van der Waals surface area contributed by atoms with Gasteiger partial charge >= 0.3 is 0 Å². The topological polar surface area (TPSA) is 99.6 Å². The second-order valence-electron chi connectivity index (χ2n) is 9.45. The number of aromatic nitrogens is 2. The monoisotopic (exact) mass is 487 g/mol. The van der Waals surface area contributed by atoms with Crippen molar-refractivity contribution in [1.29, 1.82) is 0 Å². The number of morpholine rings is 1. The van der Waals surface area contributed by atoms with E-state index in [0.717, 1.165) is 68.9 Å². The molecule has 8 nitrogen and oxygen atoms in total. The zero-order valence-corrected chi connectivity index (χ0v) is 20.4. The van der Waals surface area contributed by atoms with E-state index in [-0.39, 0.29) is 11.8 Å². The zero-order valence-electron chi connectivity index (χ0n) is 20.4. The summed E-state index contributed by atoms with van der Waals surface area (Å²) in [5.74, 6) is 0.239. The standard InChI is InChI=1S/C28H33N5O3/c34-26(21-4-2-1-3-5-21)27(35)30-22-8-6-20(7-9-22)25-14-15-29-28(32-25)31-23-10-12-24(13-11-23)33-16-18-36-19-17-33/h6-15,21,26,34H,1-5,16-19H2,(H,30,35)(H,29,31,32). The van der Waals surface area contributed by atoms with Crippen LogP contribution < -0.4 is 15.5 Å². The molecule has 36 heavy (non-hydrogen) atoms. The second kappa shape index (κ2) is 11.5. The van der Waals surface area contributed by atoms with Crippen molar-refractivity contribution in [2.45, 2.75) is 38.2 Å². The van der Waals surface area contributed by atoms with E-state index in [1.807, 2.05) is 42.5 Å². The summed E-state index contributed by atoms with van der Waals surface area (Å²) in [6.07, 6.45) is 5.95. The lowest BCUT2D eigenvalue weighted by Crippen LogP contribution is -2.36. The van der Waals surface area contributed by atoms with Gasteiger partial charge in [-0.05, 0) is 61.2 Å². The summed E-state index contributed by atoms with van der Waals surface area (Å²) in [5.41, 5.74) is 4.44. The van der Waals surface area contributed by atoms with Crippen molar-refractivity contribution in [2.75, 3.05) is 41.8 Å². The van der Waals surface area contributed by atoms with Gasteiger partial charge in [-0.1, -0.05) is 31.4 Å². The zero-order chi connectivity index (χ0) is 24.7. The summed E-state index contributed by atoms with van der Waals surface area (Å²) < 4.78 is 5.43. The quantitative estimate of drug-likeness (QED) is 0.448. The van der Waals surface area contributed by atoms with Gasteiger partial charge in [-0.2, -0.15) is 0 Å². The molecule has 1 amide bonds. The van der Waals surface area contributed by atoms with E-state index in [2.05, 4.69) is 37.6 Å². The average Bonchev–Trinajstić information content (AvgIpc) is 2.94. The Morgan fingerprint density at radius 3 is 2.36 bits per heavy atom. The molecule has 1 saturated carbocycles. The SMILES string of the molecule is O=C(Nc1ccc(-c2ccnc(Nc3ccc(N4CCOCC4)cc3)n2)cc1)C(O)C1CCCCC1. The number of nitrogens with zero attached hydrogens (tertiary/aromatic N) is 3. The van der Waals surface area contributed by atoms with Crippen LogP contribution in [0.15, 0.2) is 60.8 Å². The number of hydrogen-bond acceptors (Lipinski definition) is 7. The number of ether oxygens (including phenoxy) is 1. The summed E-state index contributed by atoms with van der Waals surface area (Å²) >= 11 is 0. The highest BCUT2D eigenvalue weighted by Crippen LogP contribution is 2.28. The molecule has 188 valence electrons.